The van der Waals surface area contributed by atoms with Crippen molar-refractivity contribution in [2.75, 3.05) is 11.9 Å². The summed E-state index contributed by atoms with van der Waals surface area (Å²) in [4.78, 5) is 10.9. The summed E-state index contributed by atoms with van der Waals surface area (Å²) in [6.07, 6.45) is 4.81. The summed E-state index contributed by atoms with van der Waals surface area (Å²) in [7, 11) is 0. The zero-order chi connectivity index (χ0) is 12.5. The van der Waals surface area contributed by atoms with E-state index in [2.05, 4.69) is 23.5 Å². The molecule has 0 amide bonds. The van der Waals surface area contributed by atoms with Crippen LogP contribution < -0.4 is 5.32 Å². The molecule has 2 aliphatic rings. The Hall–Kier alpha value is -1.51. The molecule has 1 aromatic rings. The van der Waals surface area contributed by atoms with Gasteiger partial charge in [0.25, 0.3) is 0 Å². The van der Waals surface area contributed by atoms with Crippen LogP contribution in [0.25, 0.3) is 0 Å². The predicted molar refractivity (Wildman–Crippen MR) is 71.0 cm³/mol. The number of hydrogen-bond donors (Lipinski definition) is 2. The number of nitrogens with one attached hydrogen (secondary N) is 1. The Labute approximate surface area is 107 Å². The zero-order valence-corrected chi connectivity index (χ0v) is 10.5. The number of anilines is 1. The van der Waals surface area contributed by atoms with Crippen LogP contribution in [0.1, 0.15) is 42.7 Å². The van der Waals surface area contributed by atoms with E-state index in [1.54, 1.807) is 0 Å². The minimum atomic E-state index is -0.619. The third kappa shape index (κ3) is 2.09. The van der Waals surface area contributed by atoms with Crippen molar-refractivity contribution < 1.29 is 9.90 Å². The Kier molecular flexibility index (Phi) is 2.98. The number of benzene rings is 1. The Bertz CT molecular complexity index is 462. The van der Waals surface area contributed by atoms with Crippen LogP contribution in [0.2, 0.25) is 0 Å². The van der Waals surface area contributed by atoms with Gasteiger partial charge in [-0.1, -0.05) is 12.1 Å². The number of hydrogen-bond acceptors (Lipinski definition) is 2. The average molecular weight is 245 g/mol. The lowest BCUT2D eigenvalue weighted by Gasteiger charge is -2.26. The maximum Gasteiger partial charge on any atom is 0.306 e. The maximum atomic E-state index is 10.9. The smallest absolute Gasteiger partial charge is 0.306 e. The van der Waals surface area contributed by atoms with E-state index < -0.39 is 5.97 Å². The molecule has 3 rings (SSSR count). The monoisotopic (exact) mass is 245 g/mol. The number of aliphatic carboxylic acids is 1. The van der Waals surface area contributed by atoms with Gasteiger partial charge in [-0.2, -0.15) is 0 Å². The predicted octanol–water partition coefficient (Wildman–Crippen LogP) is 3.01. The van der Waals surface area contributed by atoms with E-state index in [9.17, 15) is 4.79 Å². The summed E-state index contributed by atoms with van der Waals surface area (Å²) >= 11 is 0. The second-order valence-electron chi connectivity index (χ2n) is 5.48. The summed E-state index contributed by atoms with van der Waals surface area (Å²) < 4.78 is 0. The van der Waals surface area contributed by atoms with Crippen LogP contribution in [-0.4, -0.2) is 17.6 Å². The van der Waals surface area contributed by atoms with Crippen molar-refractivity contribution >= 4 is 11.7 Å². The van der Waals surface area contributed by atoms with Gasteiger partial charge in [0.2, 0.25) is 0 Å². The molecule has 0 atom stereocenters. The fourth-order valence-electron chi connectivity index (χ4n) is 3.25. The topological polar surface area (TPSA) is 49.3 Å². The van der Waals surface area contributed by atoms with Crippen molar-refractivity contribution in [2.45, 2.75) is 38.0 Å². The van der Waals surface area contributed by atoms with E-state index >= 15 is 0 Å². The normalized spacial score (nSPS) is 26.4. The second kappa shape index (κ2) is 4.63. The quantitative estimate of drug-likeness (QED) is 0.842. The van der Waals surface area contributed by atoms with Crippen molar-refractivity contribution in [3.8, 4) is 0 Å². The Balaban J connectivity index is 1.71. The van der Waals surface area contributed by atoms with E-state index in [1.807, 2.05) is 0 Å². The molecule has 0 unspecified atom stereocenters. The van der Waals surface area contributed by atoms with E-state index in [1.165, 1.54) is 16.8 Å². The minimum Gasteiger partial charge on any atom is -0.481 e. The van der Waals surface area contributed by atoms with Gasteiger partial charge in [0, 0.05) is 12.2 Å². The molecule has 0 saturated heterocycles. The number of carboxylic acid groups (broad SMARTS) is 1. The van der Waals surface area contributed by atoms with Gasteiger partial charge in [0.05, 0.1) is 5.92 Å². The molecule has 3 nitrogen and oxygen atoms in total. The summed E-state index contributed by atoms with van der Waals surface area (Å²) in [6.45, 7) is 1.05. The lowest BCUT2D eigenvalue weighted by molar-refractivity contribution is -0.142. The fraction of sp³-hybridized carbons (Fsp3) is 0.533. The lowest BCUT2D eigenvalue weighted by atomic mass is 9.78. The molecule has 1 aromatic carbocycles. The Morgan fingerprint density at radius 3 is 2.72 bits per heavy atom. The Morgan fingerprint density at radius 2 is 2.00 bits per heavy atom. The molecular formula is C15H19NO2. The van der Waals surface area contributed by atoms with E-state index in [0.29, 0.717) is 5.92 Å². The lowest BCUT2D eigenvalue weighted by Crippen LogP contribution is -2.20. The van der Waals surface area contributed by atoms with Crippen molar-refractivity contribution in [2.24, 2.45) is 5.92 Å². The first-order valence-electron chi connectivity index (χ1n) is 6.83. The highest BCUT2D eigenvalue weighted by Crippen LogP contribution is 2.37. The Morgan fingerprint density at radius 1 is 1.22 bits per heavy atom. The molecule has 0 radical (unpaired) electrons. The fourth-order valence-corrected chi connectivity index (χ4v) is 3.25. The van der Waals surface area contributed by atoms with Crippen molar-refractivity contribution in [1.82, 2.24) is 0 Å². The molecule has 96 valence electrons. The third-order valence-corrected chi connectivity index (χ3v) is 4.39. The van der Waals surface area contributed by atoms with Gasteiger partial charge < -0.3 is 10.4 Å². The first-order valence-corrected chi connectivity index (χ1v) is 6.83. The molecule has 1 heterocycles. The van der Waals surface area contributed by atoms with Crippen LogP contribution in [0.4, 0.5) is 5.69 Å². The van der Waals surface area contributed by atoms with Gasteiger partial charge in [-0.15, -0.1) is 0 Å². The third-order valence-electron chi connectivity index (χ3n) is 4.39. The molecular weight excluding hydrogens is 226 g/mol. The highest BCUT2D eigenvalue weighted by Gasteiger charge is 2.27. The summed E-state index contributed by atoms with van der Waals surface area (Å²) in [5.41, 5.74) is 4.10. The van der Waals surface area contributed by atoms with Crippen LogP contribution in [0.5, 0.6) is 0 Å². The number of carboxylic acids is 1. The molecule has 18 heavy (non-hydrogen) atoms. The van der Waals surface area contributed by atoms with Gasteiger partial charge in [-0.3, -0.25) is 4.79 Å². The van der Waals surface area contributed by atoms with Crippen molar-refractivity contribution in [3.63, 3.8) is 0 Å². The van der Waals surface area contributed by atoms with Crippen LogP contribution >= 0.6 is 0 Å². The molecule has 2 N–H and O–H groups in total. The maximum absolute atomic E-state index is 10.9. The first kappa shape index (κ1) is 11.6. The molecule has 1 aliphatic heterocycles. The molecule has 1 saturated carbocycles. The second-order valence-corrected chi connectivity index (χ2v) is 5.48. The van der Waals surface area contributed by atoms with Crippen molar-refractivity contribution in [3.05, 3.63) is 29.3 Å². The summed E-state index contributed by atoms with van der Waals surface area (Å²) in [5, 5.41) is 12.4. The van der Waals surface area contributed by atoms with Crippen molar-refractivity contribution in [1.29, 1.82) is 0 Å². The van der Waals surface area contributed by atoms with Crippen LogP contribution in [0.3, 0.4) is 0 Å². The number of carbonyl (C=O) groups is 1. The summed E-state index contributed by atoms with van der Waals surface area (Å²) in [5.74, 6) is -0.171. The van der Waals surface area contributed by atoms with Crippen LogP contribution in [-0.2, 0) is 11.2 Å². The SMILES string of the molecule is O=C(O)C1CCC(c2ccc3c(c2)CCN3)CC1. The molecule has 3 heteroatoms. The number of fused-ring (bicyclic) bond motifs is 1. The van der Waals surface area contributed by atoms with E-state index in [0.717, 1.165) is 38.6 Å². The highest BCUT2D eigenvalue weighted by atomic mass is 16.4. The van der Waals surface area contributed by atoms with Crippen LogP contribution in [0.15, 0.2) is 18.2 Å². The average Bonchev–Trinajstić information content (AvgIpc) is 2.86. The minimum absolute atomic E-state index is 0.114. The molecule has 1 aliphatic carbocycles. The molecule has 0 aromatic heterocycles. The largest absolute Gasteiger partial charge is 0.481 e. The highest BCUT2D eigenvalue weighted by molar-refractivity contribution is 5.70. The standard InChI is InChI=1S/C15H19NO2/c17-15(18)11-3-1-10(2-4-11)12-5-6-14-13(9-12)7-8-16-14/h5-6,9-11,16H,1-4,7-8H2,(H,17,18). The summed E-state index contributed by atoms with van der Waals surface area (Å²) in [6, 6.07) is 6.71. The van der Waals surface area contributed by atoms with Gasteiger partial charge in [0.15, 0.2) is 0 Å². The van der Waals surface area contributed by atoms with E-state index in [-0.39, 0.29) is 5.92 Å². The van der Waals surface area contributed by atoms with Gasteiger partial charge >= 0.3 is 5.97 Å². The van der Waals surface area contributed by atoms with Crippen LogP contribution in [0, 0.1) is 5.92 Å². The van der Waals surface area contributed by atoms with Gasteiger partial charge in [-0.05, 0) is 55.2 Å². The molecule has 0 bridgehead atoms. The van der Waals surface area contributed by atoms with Gasteiger partial charge in [-0.25, -0.2) is 0 Å². The van der Waals surface area contributed by atoms with E-state index in [4.69, 9.17) is 5.11 Å². The first-order chi connectivity index (χ1) is 8.74. The number of rotatable bonds is 2. The zero-order valence-electron chi connectivity index (χ0n) is 10.5. The molecule has 1 fully saturated rings. The molecule has 0 spiro atoms. The van der Waals surface area contributed by atoms with Gasteiger partial charge in [0.1, 0.15) is 0 Å².